The Balaban J connectivity index is 0.00000505. The van der Waals surface area contributed by atoms with Crippen LogP contribution < -0.4 is 14.5 Å². The average Bonchev–Trinajstić information content (AvgIpc) is 3.95. The van der Waals surface area contributed by atoms with E-state index in [-0.39, 0.29) is 26.5 Å². The van der Waals surface area contributed by atoms with Crippen LogP contribution in [0.2, 0.25) is 0 Å². The Bertz CT molecular complexity index is 3970. The molecule has 5 nitrogen and oxygen atoms in total. The molecule has 9 aromatic carbocycles. The van der Waals surface area contributed by atoms with Crippen molar-refractivity contribution in [3.05, 3.63) is 237 Å². The van der Waals surface area contributed by atoms with Crippen molar-refractivity contribution in [2.45, 2.75) is 26.2 Å². The van der Waals surface area contributed by atoms with E-state index < -0.39 is 0 Å². The maximum absolute atomic E-state index is 6.81. The first-order valence-electron chi connectivity index (χ1n) is 23.5. The summed E-state index contributed by atoms with van der Waals surface area (Å²) in [4.78, 5) is 9.71. The van der Waals surface area contributed by atoms with Crippen molar-refractivity contribution < 1.29 is 25.8 Å². The first kappa shape index (κ1) is 43.3. The molecule has 0 radical (unpaired) electrons. The van der Waals surface area contributed by atoms with Crippen molar-refractivity contribution in [1.29, 1.82) is 0 Å². The van der Waals surface area contributed by atoms with Crippen molar-refractivity contribution in [3.8, 4) is 33.8 Å². The van der Waals surface area contributed by atoms with Crippen molar-refractivity contribution in [1.82, 2.24) is 9.38 Å². The van der Waals surface area contributed by atoms with Gasteiger partial charge in [0.2, 0.25) is 0 Å². The van der Waals surface area contributed by atoms with Crippen LogP contribution in [-0.4, -0.2) is 9.38 Å². The first-order chi connectivity index (χ1) is 33.9. The molecule has 6 heteroatoms. The number of pyridine rings is 1. The van der Waals surface area contributed by atoms with Gasteiger partial charge in [-0.3, -0.25) is 0 Å². The van der Waals surface area contributed by atoms with Gasteiger partial charge in [-0.05, 0) is 79.4 Å². The number of nitrogens with zero attached hydrogens (tertiary/aromatic N) is 4. The van der Waals surface area contributed by atoms with Crippen LogP contribution in [0.5, 0.6) is 11.5 Å². The van der Waals surface area contributed by atoms with Crippen LogP contribution in [0.1, 0.15) is 26.3 Å². The first-order valence-corrected chi connectivity index (χ1v) is 23.5. The van der Waals surface area contributed by atoms with Gasteiger partial charge in [0.1, 0.15) is 5.65 Å². The van der Waals surface area contributed by atoms with Crippen molar-refractivity contribution in [2.24, 2.45) is 0 Å². The molecule has 0 saturated carbocycles. The van der Waals surface area contributed by atoms with Crippen LogP contribution in [0, 0.1) is 18.8 Å². The third kappa shape index (κ3) is 7.15. The fourth-order valence-electron chi connectivity index (χ4n) is 10.4. The number of para-hydroxylation sites is 4. The topological polar surface area (TPSA) is 33.0 Å². The molecule has 13 rings (SSSR count). The molecule has 0 fully saturated rings. The van der Waals surface area contributed by atoms with Crippen LogP contribution in [0.3, 0.4) is 0 Å². The summed E-state index contributed by atoms with van der Waals surface area (Å²) < 4.78 is 9.11. The zero-order chi connectivity index (χ0) is 46.2. The molecule has 0 unspecified atom stereocenters. The second-order valence-corrected chi connectivity index (χ2v) is 18.8. The zero-order valence-electron chi connectivity index (χ0n) is 38.8. The van der Waals surface area contributed by atoms with Crippen molar-refractivity contribution >= 4 is 82.5 Å². The molecule has 0 aliphatic carbocycles. The fraction of sp³-hybridized carbons (Fsp3) is 0.0625. The van der Waals surface area contributed by atoms with Crippen LogP contribution in [0.4, 0.5) is 22.7 Å². The van der Waals surface area contributed by atoms with Crippen LogP contribution >= 0.6 is 0 Å². The minimum Gasteiger partial charge on any atom is -0.509 e. The van der Waals surface area contributed by atoms with Gasteiger partial charge in [-0.15, -0.1) is 48.1 Å². The van der Waals surface area contributed by atoms with Gasteiger partial charge >= 0.3 is 0 Å². The number of hydrogen-bond donors (Lipinski definition) is 0. The molecular formula is C64H45N4OPt-3. The van der Waals surface area contributed by atoms with Crippen LogP contribution in [-0.2, 0) is 26.5 Å². The zero-order valence-corrected chi connectivity index (χ0v) is 41.1. The molecule has 3 aromatic heterocycles. The van der Waals surface area contributed by atoms with Crippen molar-refractivity contribution in [3.63, 3.8) is 0 Å². The number of benzene rings is 9. The van der Waals surface area contributed by atoms with E-state index in [1.54, 1.807) is 0 Å². The maximum Gasteiger partial charge on any atom is 0.143 e. The van der Waals surface area contributed by atoms with Gasteiger partial charge < -0.3 is 18.9 Å². The summed E-state index contributed by atoms with van der Waals surface area (Å²) in [5, 5.41) is 9.10. The summed E-state index contributed by atoms with van der Waals surface area (Å²) in [6, 6.07) is 80.7. The standard InChI is InChI=1S/C64H45N4O.Pt/c1-64(2,3)44-33-35-52-56-30-17-37-65-63(56)68-60-40-47(34-36-53(60)55-29-16-28-54(62(55)68)50-24-10-11-25-51(50)57(52)38-44)69-46-23-14-22-45(39-46)66-41-67(59-32-13-12-31-58(59)66)61-48(42-18-6-4-7-19-42)26-15-27-49(61)43-20-8-5-9-21-43;/h4-38,41H,1-3H3;/q-3;. The normalized spacial score (nSPS) is 12.6. The third-order valence-corrected chi connectivity index (χ3v) is 13.7. The van der Waals surface area contributed by atoms with Gasteiger partial charge in [0.15, 0.2) is 0 Å². The molecule has 12 aromatic rings. The van der Waals surface area contributed by atoms with E-state index in [4.69, 9.17) is 9.72 Å². The molecule has 4 heterocycles. The van der Waals surface area contributed by atoms with E-state index in [1.807, 2.05) is 30.5 Å². The number of hydrogen-bond acceptors (Lipinski definition) is 4. The minimum atomic E-state index is -0.0249. The third-order valence-electron chi connectivity index (χ3n) is 13.7. The summed E-state index contributed by atoms with van der Waals surface area (Å²) >= 11 is 0. The van der Waals surface area contributed by atoms with E-state index in [0.717, 1.165) is 88.6 Å². The number of aromatic nitrogens is 2. The molecule has 1 aliphatic rings. The molecule has 0 N–H and O–H groups in total. The number of ether oxygens (including phenoxy) is 1. The average molecular weight is 1080 g/mol. The molecule has 1 aliphatic heterocycles. The van der Waals surface area contributed by atoms with Crippen LogP contribution in [0.25, 0.3) is 82.0 Å². The Hall–Kier alpha value is -7.98. The van der Waals surface area contributed by atoms with Gasteiger partial charge in [-0.1, -0.05) is 172 Å². The Morgan fingerprint density at radius 1 is 0.471 bits per heavy atom. The summed E-state index contributed by atoms with van der Waals surface area (Å²) in [6.07, 6.45) is 1.89. The predicted molar refractivity (Wildman–Crippen MR) is 287 cm³/mol. The van der Waals surface area contributed by atoms with E-state index >= 15 is 0 Å². The van der Waals surface area contributed by atoms with Gasteiger partial charge in [-0.25, -0.2) is 4.98 Å². The fourth-order valence-corrected chi connectivity index (χ4v) is 10.4. The monoisotopic (exact) mass is 1080 g/mol. The molecule has 70 heavy (non-hydrogen) atoms. The second kappa shape index (κ2) is 17.2. The molecule has 0 bridgehead atoms. The van der Waals surface area contributed by atoms with Gasteiger partial charge in [0.05, 0.1) is 0 Å². The SMILES string of the molecule is CC(C)(C)c1ccc2c(c1)c1ccccc1c1cccc3c4ccc(Oc5[c-]c(N6[CH-]N(c7c(-c8ccccc8)cccc7-c7ccccc7)c7ccccc76)ccc5)[c-]c4n(c4ncccc24)c13.[Pt]. The van der Waals surface area contributed by atoms with Gasteiger partial charge in [0, 0.05) is 83.2 Å². The molecule has 0 saturated heterocycles. The quantitative estimate of drug-likeness (QED) is 0.155. The summed E-state index contributed by atoms with van der Waals surface area (Å²) in [5.74, 6) is 1.17. The molecule has 0 spiro atoms. The number of anilines is 4. The molecule has 0 atom stereocenters. The molecular weight excluding hydrogens is 1040 g/mol. The minimum absolute atomic E-state index is 0. The van der Waals surface area contributed by atoms with Crippen molar-refractivity contribution in [2.75, 3.05) is 9.80 Å². The predicted octanol–water partition coefficient (Wildman–Crippen LogP) is 17.1. The number of rotatable bonds is 6. The number of fused-ring (bicyclic) bond motifs is 11. The Labute approximate surface area is 421 Å². The largest absolute Gasteiger partial charge is 0.509 e. The Kier molecular flexibility index (Phi) is 10.6. The van der Waals surface area contributed by atoms with E-state index in [0.29, 0.717) is 11.5 Å². The Morgan fingerprint density at radius 3 is 1.74 bits per heavy atom. The summed E-state index contributed by atoms with van der Waals surface area (Å²) in [7, 11) is 0. The van der Waals surface area contributed by atoms with E-state index in [1.165, 1.54) is 21.7 Å². The summed E-state index contributed by atoms with van der Waals surface area (Å²) in [5.41, 5.74) is 12.7. The second-order valence-electron chi connectivity index (χ2n) is 18.8. The maximum atomic E-state index is 6.81. The van der Waals surface area contributed by atoms with E-state index in [9.17, 15) is 0 Å². The molecule has 0 amide bonds. The smallest absolute Gasteiger partial charge is 0.143 e. The summed E-state index contributed by atoms with van der Waals surface area (Å²) in [6.45, 7) is 9.01. The molecule has 340 valence electrons. The van der Waals surface area contributed by atoms with E-state index in [2.05, 4.69) is 236 Å². The van der Waals surface area contributed by atoms with Gasteiger partial charge in [0.25, 0.3) is 0 Å². The van der Waals surface area contributed by atoms with Gasteiger partial charge in [-0.2, -0.15) is 12.1 Å². The van der Waals surface area contributed by atoms with Crippen LogP contribution in [0.15, 0.2) is 212 Å². The Morgan fingerprint density at radius 2 is 1.03 bits per heavy atom.